The molecule has 0 aliphatic rings. The smallest absolute Gasteiger partial charge is 0.280 e. The highest BCUT2D eigenvalue weighted by atomic mass is 32.2. The van der Waals surface area contributed by atoms with Crippen LogP contribution in [-0.4, -0.2) is 49.6 Å². The molecule has 0 aliphatic carbocycles. The van der Waals surface area contributed by atoms with Crippen molar-refractivity contribution in [3.8, 4) is 0 Å². The van der Waals surface area contributed by atoms with E-state index >= 15 is 0 Å². The molecule has 3 N–H and O–H groups in total. The maximum atomic E-state index is 13.2. The van der Waals surface area contributed by atoms with E-state index in [0.29, 0.717) is 29.1 Å². The molecule has 0 bridgehead atoms. The molecule has 0 saturated carbocycles. The molecule has 1 amide bonds. The van der Waals surface area contributed by atoms with Crippen molar-refractivity contribution in [1.29, 1.82) is 0 Å². The molecule has 0 radical (unpaired) electrons. The second-order valence-electron chi connectivity index (χ2n) is 6.04. The minimum atomic E-state index is -0.581. The van der Waals surface area contributed by atoms with E-state index in [1.165, 1.54) is 6.33 Å². The molecule has 158 valence electrons. The van der Waals surface area contributed by atoms with Gasteiger partial charge >= 0.3 is 0 Å². The van der Waals surface area contributed by atoms with Crippen molar-refractivity contribution in [3.05, 3.63) is 53.3 Å². The number of nitrogens with zero attached hydrogens (tertiary/aromatic N) is 4. The number of aromatic nitrogens is 4. The molecule has 12 heteroatoms. The lowest BCUT2D eigenvalue weighted by atomic mass is 10.1. The molecule has 0 spiro atoms. The summed E-state index contributed by atoms with van der Waals surface area (Å²) >= 11 is 2.27. The van der Waals surface area contributed by atoms with E-state index in [-0.39, 0.29) is 23.6 Å². The third kappa shape index (κ3) is 6.34. The van der Waals surface area contributed by atoms with Crippen LogP contribution in [0, 0.1) is 5.13 Å². The van der Waals surface area contributed by atoms with E-state index in [1.807, 2.05) is 12.1 Å². The van der Waals surface area contributed by atoms with Gasteiger partial charge in [-0.3, -0.25) is 15.2 Å². The number of aliphatic hydroxyl groups excluding tert-OH is 1. The standard InChI is InChI=1S/C18H19FN6O3S2/c1-11(6-7-26)28-25-16(17(27)23-18-20-8-14(19)30-18)12-2-4-13(5-3-12)29-9-15-21-10-22-24-15/h2-5,8,10-11,26H,6-7,9H2,1H3,(H,20,23,27)(H,21,22,24)/b25-16+/t11-/m0/s1. The number of aromatic amines is 1. The Bertz CT molecular complexity index is 978. The van der Waals surface area contributed by atoms with Crippen molar-refractivity contribution in [3.63, 3.8) is 0 Å². The first kappa shape index (κ1) is 21.9. The summed E-state index contributed by atoms with van der Waals surface area (Å²) in [5, 5.41) is 21.7. The normalized spacial score (nSPS) is 12.6. The van der Waals surface area contributed by atoms with Crippen LogP contribution in [0.2, 0.25) is 0 Å². The minimum absolute atomic E-state index is 0.0159. The van der Waals surface area contributed by atoms with Crippen LogP contribution in [0.5, 0.6) is 0 Å². The van der Waals surface area contributed by atoms with Crippen LogP contribution >= 0.6 is 23.1 Å². The van der Waals surface area contributed by atoms with Crippen LogP contribution in [0.3, 0.4) is 0 Å². The summed E-state index contributed by atoms with van der Waals surface area (Å²) in [7, 11) is 0. The molecule has 30 heavy (non-hydrogen) atoms. The van der Waals surface area contributed by atoms with Crippen LogP contribution in [0.15, 0.2) is 46.8 Å². The zero-order valence-corrected chi connectivity index (χ0v) is 17.5. The average molecular weight is 451 g/mol. The van der Waals surface area contributed by atoms with Crippen LogP contribution in [-0.2, 0) is 15.4 Å². The SMILES string of the molecule is C[C@@H](CCO)O/N=C(/C(=O)Nc1ncc(F)s1)c1ccc(SCc2ncn[nH]2)cc1. The highest BCUT2D eigenvalue weighted by molar-refractivity contribution is 7.98. The van der Waals surface area contributed by atoms with Gasteiger partial charge in [-0.1, -0.05) is 28.6 Å². The monoisotopic (exact) mass is 450 g/mol. The number of aliphatic hydroxyl groups is 1. The Kier molecular flexibility index (Phi) is 7.88. The summed E-state index contributed by atoms with van der Waals surface area (Å²) in [6, 6.07) is 7.17. The molecule has 9 nitrogen and oxygen atoms in total. The summed E-state index contributed by atoms with van der Waals surface area (Å²) in [4.78, 5) is 26.9. The molecule has 2 heterocycles. The van der Waals surface area contributed by atoms with E-state index in [9.17, 15) is 9.18 Å². The predicted octanol–water partition coefficient (Wildman–Crippen LogP) is 2.82. The largest absolute Gasteiger partial charge is 0.396 e. The van der Waals surface area contributed by atoms with Crippen LogP contribution < -0.4 is 5.32 Å². The fourth-order valence-corrected chi connectivity index (χ4v) is 3.54. The number of carbonyl (C=O) groups excluding carboxylic acids is 1. The third-order valence-corrected chi connectivity index (χ3v) is 5.47. The molecule has 0 saturated heterocycles. The molecule has 1 aromatic carbocycles. The lowest BCUT2D eigenvalue weighted by Gasteiger charge is -2.11. The van der Waals surface area contributed by atoms with Gasteiger partial charge in [-0.25, -0.2) is 9.97 Å². The van der Waals surface area contributed by atoms with Crippen LogP contribution in [0.4, 0.5) is 9.52 Å². The number of hydrogen-bond donors (Lipinski definition) is 3. The molecule has 0 unspecified atom stereocenters. The van der Waals surface area contributed by atoms with Gasteiger partial charge in [0.2, 0.25) is 0 Å². The topological polar surface area (TPSA) is 125 Å². The van der Waals surface area contributed by atoms with Gasteiger partial charge in [0.15, 0.2) is 16.0 Å². The molecule has 0 aliphatic heterocycles. The maximum absolute atomic E-state index is 13.2. The van der Waals surface area contributed by atoms with Gasteiger partial charge in [0.25, 0.3) is 5.91 Å². The number of halogens is 1. The number of carbonyl (C=O) groups is 1. The number of rotatable bonds is 10. The summed E-state index contributed by atoms with van der Waals surface area (Å²) in [5.41, 5.74) is 0.534. The number of thioether (sulfide) groups is 1. The van der Waals surface area contributed by atoms with Crippen molar-refractivity contribution < 1.29 is 19.1 Å². The number of anilines is 1. The first-order chi connectivity index (χ1) is 14.5. The summed E-state index contributed by atoms with van der Waals surface area (Å²) in [6.07, 6.45) is 2.46. The van der Waals surface area contributed by atoms with Crippen molar-refractivity contribution in [1.82, 2.24) is 20.2 Å². The quantitative estimate of drug-likeness (QED) is 0.246. The zero-order valence-electron chi connectivity index (χ0n) is 15.9. The number of nitrogens with one attached hydrogen (secondary N) is 2. The van der Waals surface area contributed by atoms with Crippen molar-refractivity contribution in [2.75, 3.05) is 11.9 Å². The van der Waals surface area contributed by atoms with E-state index in [0.717, 1.165) is 16.9 Å². The Balaban J connectivity index is 1.74. The molecule has 0 fully saturated rings. The summed E-state index contributed by atoms with van der Waals surface area (Å²) in [5.74, 6) is 0.799. The predicted molar refractivity (Wildman–Crippen MR) is 112 cm³/mol. The van der Waals surface area contributed by atoms with Crippen LogP contribution in [0.1, 0.15) is 24.7 Å². The highest BCUT2D eigenvalue weighted by Gasteiger charge is 2.18. The average Bonchev–Trinajstić information content (AvgIpc) is 3.39. The second kappa shape index (κ2) is 10.8. The Hall–Kier alpha value is -2.83. The first-order valence-electron chi connectivity index (χ1n) is 8.90. The molecule has 3 rings (SSSR count). The molecular formula is C18H19FN6O3S2. The summed E-state index contributed by atoms with van der Waals surface area (Å²) < 4.78 is 13.2. The second-order valence-corrected chi connectivity index (χ2v) is 8.07. The number of H-pyrrole nitrogens is 1. The van der Waals surface area contributed by atoms with Crippen molar-refractivity contribution >= 4 is 39.8 Å². The Morgan fingerprint density at radius 2 is 2.20 bits per heavy atom. The van der Waals surface area contributed by atoms with Gasteiger partial charge in [-0.15, -0.1) is 11.8 Å². The van der Waals surface area contributed by atoms with Gasteiger partial charge in [0.1, 0.15) is 18.3 Å². The van der Waals surface area contributed by atoms with Crippen LogP contribution in [0.25, 0.3) is 0 Å². The third-order valence-electron chi connectivity index (χ3n) is 3.74. The van der Waals surface area contributed by atoms with Crippen molar-refractivity contribution in [2.24, 2.45) is 5.16 Å². The van der Waals surface area contributed by atoms with Gasteiger partial charge in [0.05, 0.1) is 11.9 Å². The Morgan fingerprint density at radius 3 is 2.83 bits per heavy atom. The highest BCUT2D eigenvalue weighted by Crippen LogP contribution is 2.22. The minimum Gasteiger partial charge on any atom is -0.396 e. The molecular weight excluding hydrogens is 431 g/mol. The number of benzene rings is 1. The number of amides is 1. The van der Waals surface area contributed by atoms with Gasteiger partial charge in [0, 0.05) is 23.5 Å². The molecule has 2 aromatic heterocycles. The van der Waals surface area contributed by atoms with E-state index in [2.05, 4.69) is 30.6 Å². The fraction of sp³-hybridized carbons (Fsp3) is 0.278. The number of thiazole rings is 1. The molecule has 3 aromatic rings. The van der Waals surface area contributed by atoms with E-state index < -0.39 is 11.0 Å². The fourth-order valence-electron chi connectivity index (χ4n) is 2.23. The van der Waals surface area contributed by atoms with E-state index in [4.69, 9.17) is 9.94 Å². The number of hydrogen-bond acceptors (Lipinski definition) is 9. The van der Waals surface area contributed by atoms with Gasteiger partial charge < -0.3 is 9.94 Å². The van der Waals surface area contributed by atoms with Gasteiger partial charge in [-0.05, 0) is 19.1 Å². The van der Waals surface area contributed by atoms with Crippen molar-refractivity contribution in [2.45, 2.75) is 30.1 Å². The Labute approximate surface area is 179 Å². The lowest BCUT2D eigenvalue weighted by Crippen LogP contribution is -2.25. The maximum Gasteiger partial charge on any atom is 0.280 e. The first-order valence-corrected chi connectivity index (χ1v) is 10.7. The lowest BCUT2D eigenvalue weighted by molar-refractivity contribution is -0.110. The number of oxime groups is 1. The Morgan fingerprint density at radius 1 is 1.40 bits per heavy atom. The van der Waals surface area contributed by atoms with E-state index in [1.54, 1.807) is 30.8 Å². The zero-order chi connectivity index (χ0) is 21.3. The van der Waals surface area contributed by atoms with Gasteiger partial charge in [-0.2, -0.15) is 9.49 Å². The summed E-state index contributed by atoms with van der Waals surface area (Å²) in [6.45, 7) is 1.67. The molecule has 1 atom stereocenters.